The summed E-state index contributed by atoms with van der Waals surface area (Å²) in [6.07, 6.45) is 0. The predicted molar refractivity (Wildman–Crippen MR) is 100 cm³/mol. The zero-order chi connectivity index (χ0) is 20.3. The Morgan fingerprint density at radius 2 is 1.75 bits per heavy atom. The summed E-state index contributed by atoms with van der Waals surface area (Å²) < 4.78 is 10.1. The van der Waals surface area contributed by atoms with E-state index in [0.717, 1.165) is 5.39 Å². The van der Waals surface area contributed by atoms with Gasteiger partial charge in [-0.2, -0.15) is 0 Å². The number of rotatable bonds is 5. The van der Waals surface area contributed by atoms with Gasteiger partial charge in [0.2, 0.25) is 0 Å². The van der Waals surface area contributed by atoms with E-state index in [4.69, 9.17) is 9.47 Å². The maximum absolute atomic E-state index is 12.4. The minimum absolute atomic E-state index is 0.176. The van der Waals surface area contributed by atoms with Crippen LogP contribution in [0.5, 0.6) is 0 Å². The van der Waals surface area contributed by atoms with Crippen LogP contribution >= 0.6 is 0 Å². The fraction of sp³-hybridized carbons (Fsp3) is 0.150. The molecule has 1 heterocycles. The molecule has 0 amide bonds. The summed E-state index contributed by atoms with van der Waals surface area (Å²) in [7, 11) is 1.25. The highest BCUT2D eigenvalue weighted by Gasteiger charge is 2.23. The highest BCUT2D eigenvalue weighted by molar-refractivity contribution is 5.98. The van der Waals surface area contributed by atoms with E-state index in [2.05, 4.69) is 4.98 Å². The number of aromatic nitrogens is 1. The summed E-state index contributed by atoms with van der Waals surface area (Å²) in [6.45, 7) is 1.42. The quantitative estimate of drug-likeness (QED) is 0.378. The maximum atomic E-state index is 12.4. The van der Waals surface area contributed by atoms with Gasteiger partial charge >= 0.3 is 11.9 Å². The molecule has 3 aromatic rings. The van der Waals surface area contributed by atoms with Gasteiger partial charge in [-0.3, -0.25) is 10.1 Å². The van der Waals surface area contributed by atoms with Crippen LogP contribution in [0.4, 0.5) is 5.69 Å². The average Bonchev–Trinajstić information content (AvgIpc) is 2.71. The highest BCUT2D eigenvalue weighted by Crippen LogP contribution is 2.25. The molecule has 3 rings (SSSR count). The summed E-state index contributed by atoms with van der Waals surface area (Å²) in [5.74, 6) is -1.48. The van der Waals surface area contributed by atoms with E-state index in [-0.39, 0.29) is 29.1 Å². The van der Waals surface area contributed by atoms with Crippen LogP contribution in [0.1, 0.15) is 32.0 Å². The van der Waals surface area contributed by atoms with E-state index in [0.29, 0.717) is 11.1 Å². The van der Waals surface area contributed by atoms with Crippen LogP contribution in [0.2, 0.25) is 0 Å². The van der Waals surface area contributed by atoms with Crippen molar-refractivity contribution in [3.63, 3.8) is 0 Å². The normalized spacial score (nSPS) is 10.5. The molecule has 142 valence electrons. The number of nitro groups is 1. The molecule has 0 saturated heterocycles. The van der Waals surface area contributed by atoms with Crippen LogP contribution in [0.25, 0.3) is 10.9 Å². The molecule has 0 atom stereocenters. The first kappa shape index (κ1) is 19.0. The molecule has 8 heteroatoms. The Hall–Kier alpha value is -3.81. The van der Waals surface area contributed by atoms with Crippen molar-refractivity contribution in [2.45, 2.75) is 13.5 Å². The fourth-order valence-corrected chi connectivity index (χ4v) is 2.94. The van der Waals surface area contributed by atoms with Gasteiger partial charge in [-0.25, -0.2) is 14.6 Å². The van der Waals surface area contributed by atoms with Crippen molar-refractivity contribution < 1.29 is 24.0 Å². The molecule has 0 unspecified atom stereocenters. The second-order valence-electron chi connectivity index (χ2n) is 5.92. The minimum atomic E-state index is -0.879. The van der Waals surface area contributed by atoms with Crippen molar-refractivity contribution >= 4 is 28.5 Å². The molecule has 0 spiro atoms. The van der Waals surface area contributed by atoms with Crippen LogP contribution in [0, 0.1) is 17.0 Å². The van der Waals surface area contributed by atoms with Crippen LogP contribution < -0.4 is 0 Å². The van der Waals surface area contributed by atoms with Crippen molar-refractivity contribution in [2.75, 3.05) is 7.11 Å². The Labute approximate surface area is 159 Å². The van der Waals surface area contributed by atoms with Crippen LogP contribution in [-0.2, 0) is 16.1 Å². The lowest BCUT2D eigenvalue weighted by atomic mass is 10.0. The number of para-hydroxylation sites is 2. The summed E-state index contributed by atoms with van der Waals surface area (Å²) >= 11 is 0. The Morgan fingerprint density at radius 1 is 1.07 bits per heavy atom. The predicted octanol–water partition coefficient (Wildman–Crippen LogP) is 3.60. The number of fused-ring (bicyclic) bond motifs is 1. The number of pyridine rings is 1. The molecular weight excluding hydrogens is 364 g/mol. The van der Waals surface area contributed by atoms with Crippen molar-refractivity contribution in [1.82, 2.24) is 4.98 Å². The van der Waals surface area contributed by atoms with Gasteiger partial charge in [-0.1, -0.05) is 30.3 Å². The Morgan fingerprint density at radius 3 is 2.46 bits per heavy atom. The molecule has 2 aromatic carbocycles. The molecule has 1 aromatic heterocycles. The number of nitro benzene ring substituents is 1. The number of methoxy groups -OCH3 is 1. The van der Waals surface area contributed by atoms with E-state index >= 15 is 0 Å². The van der Waals surface area contributed by atoms with Crippen LogP contribution in [-0.4, -0.2) is 29.0 Å². The molecule has 0 bridgehead atoms. The van der Waals surface area contributed by atoms with Gasteiger partial charge in [0.25, 0.3) is 5.69 Å². The smallest absolute Gasteiger partial charge is 0.345 e. The largest absolute Gasteiger partial charge is 0.465 e. The molecule has 28 heavy (non-hydrogen) atoms. The van der Waals surface area contributed by atoms with Gasteiger partial charge in [0.05, 0.1) is 28.8 Å². The first-order valence-electron chi connectivity index (χ1n) is 8.31. The number of aryl methyl sites for hydroxylation is 1. The van der Waals surface area contributed by atoms with Gasteiger partial charge < -0.3 is 9.47 Å². The average molecular weight is 380 g/mol. The molecule has 0 N–H and O–H groups in total. The van der Waals surface area contributed by atoms with Crippen molar-refractivity contribution in [3.8, 4) is 0 Å². The number of carbonyl (C=O) groups excluding carboxylic acids is 2. The van der Waals surface area contributed by atoms with Gasteiger partial charge in [0.15, 0.2) is 0 Å². The Balaban J connectivity index is 1.97. The molecule has 0 aliphatic heterocycles. The van der Waals surface area contributed by atoms with Crippen LogP contribution in [0.15, 0.2) is 48.5 Å². The van der Waals surface area contributed by atoms with E-state index < -0.39 is 16.9 Å². The van der Waals surface area contributed by atoms with Gasteiger partial charge in [-0.05, 0) is 24.6 Å². The van der Waals surface area contributed by atoms with Crippen LogP contribution in [0.3, 0.4) is 0 Å². The lowest BCUT2D eigenvalue weighted by Crippen LogP contribution is -2.14. The molecule has 0 saturated carbocycles. The lowest BCUT2D eigenvalue weighted by molar-refractivity contribution is -0.385. The molecule has 0 aliphatic rings. The van der Waals surface area contributed by atoms with E-state index in [1.165, 1.54) is 31.4 Å². The van der Waals surface area contributed by atoms with E-state index in [1.807, 2.05) is 12.1 Å². The number of carbonyl (C=O) groups is 2. The Kier molecular flexibility index (Phi) is 5.30. The summed E-state index contributed by atoms with van der Waals surface area (Å²) in [5, 5.41) is 11.9. The minimum Gasteiger partial charge on any atom is -0.465 e. The van der Waals surface area contributed by atoms with E-state index in [1.54, 1.807) is 19.1 Å². The third-order valence-corrected chi connectivity index (χ3v) is 4.28. The van der Waals surface area contributed by atoms with Crippen molar-refractivity contribution in [3.05, 3.63) is 81.0 Å². The molecular formula is C20H16N2O6. The third kappa shape index (κ3) is 3.52. The number of esters is 2. The maximum Gasteiger partial charge on any atom is 0.345 e. The number of nitrogens with zero attached hydrogens (tertiary/aromatic N) is 2. The van der Waals surface area contributed by atoms with E-state index in [9.17, 15) is 19.7 Å². The van der Waals surface area contributed by atoms with Crippen molar-refractivity contribution in [2.24, 2.45) is 0 Å². The standard InChI is InChI=1S/C20H16N2O6/c1-12-13-7-3-5-9-15(13)21-16(18(12)20(24)27-2)11-28-19(23)14-8-4-6-10-17(14)22(25)26/h3-10H,11H2,1-2H3. The first-order chi connectivity index (χ1) is 13.4. The molecule has 0 radical (unpaired) electrons. The number of benzene rings is 2. The summed E-state index contributed by atoms with van der Waals surface area (Å²) in [5.41, 5.74) is 1.16. The highest BCUT2D eigenvalue weighted by atomic mass is 16.6. The Bertz CT molecular complexity index is 1090. The van der Waals surface area contributed by atoms with Crippen molar-refractivity contribution in [1.29, 1.82) is 0 Å². The van der Waals surface area contributed by atoms with Gasteiger partial charge in [-0.15, -0.1) is 0 Å². The molecule has 0 aliphatic carbocycles. The second kappa shape index (κ2) is 7.83. The first-order valence-corrected chi connectivity index (χ1v) is 8.31. The van der Waals surface area contributed by atoms with Gasteiger partial charge in [0.1, 0.15) is 12.2 Å². The summed E-state index contributed by atoms with van der Waals surface area (Å²) in [4.78, 5) is 39.5. The number of hydrogen-bond donors (Lipinski definition) is 0. The topological polar surface area (TPSA) is 109 Å². The lowest BCUT2D eigenvalue weighted by Gasteiger charge is -2.13. The number of hydrogen-bond acceptors (Lipinski definition) is 7. The monoisotopic (exact) mass is 380 g/mol. The molecule has 8 nitrogen and oxygen atoms in total. The zero-order valence-corrected chi connectivity index (χ0v) is 15.2. The molecule has 0 fully saturated rings. The van der Waals surface area contributed by atoms with Gasteiger partial charge in [0, 0.05) is 11.5 Å². The fourth-order valence-electron chi connectivity index (χ4n) is 2.94. The third-order valence-electron chi connectivity index (χ3n) is 4.28. The second-order valence-corrected chi connectivity index (χ2v) is 5.92. The summed E-state index contributed by atoms with van der Waals surface area (Å²) in [6, 6.07) is 12.7. The SMILES string of the molecule is COC(=O)c1c(COC(=O)c2ccccc2[N+](=O)[O-])nc2ccccc2c1C. The number of ether oxygens (including phenoxy) is 2. The zero-order valence-electron chi connectivity index (χ0n) is 15.2.